The van der Waals surface area contributed by atoms with E-state index in [2.05, 4.69) is 6.92 Å². The number of rotatable bonds is 1. The Morgan fingerprint density at radius 2 is 2.00 bits per heavy atom. The Labute approximate surface area is 79.8 Å². The number of hydrogen-bond acceptors (Lipinski definition) is 1. The van der Waals surface area contributed by atoms with E-state index in [9.17, 15) is 13.2 Å². The molecule has 4 heteroatoms. The fourth-order valence-electron chi connectivity index (χ4n) is 1.08. The molecule has 0 aliphatic heterocycles. The summed E-state index contributed by atoms with van der Waals surface area (Å²) in [6.07, 6.45) is -4.20. The van der Waals surface area contributed by atoms with E-state index in [0.29, 0.717) is 5.56 Å². The predicted octanol–water partition coefficient (Wildman–Crippen LogP) is 2.95. The number of nitrogens with zero attached hydrogens (tertiary/aromatic N) is 1. The van der Waals surface area contributed by atoms with Crippen LogP contribution in [0, 0.1) is 18.3 Å². The molecule has 1 aromatic rings. The summed E-state index contributed by atoms with van der Waals surface area (Å²) in [5.74, 6) is 0. The maximum Gasteiger partial charge on any atom is 0.417 e. The van der Waals surface area contributed by atoms with E-state index >= 15 is 0 Å². The molecule has 1 rings (SSSR count). The van der Waals surface area contributed by atoms with E-state index in [1.54, 1.807) is 0 Å². The van der Waals surface area contributed by atoms with E-state index in [4.69, 9.17) is 5.26 Å². The second-order valence-corrected chi connectivity index (χ2v) is 2.74. The fraction of sp³-hybridized carbons (Fsp3) is 0.200. The smallest absolute Gasteiger partial charge is 0.192 e. The largest absolute Gasteiger partial charge is 0.417 e. The van der Waals surface area contributed by atoms with Gasteiger partial charge in [-0.1, -0.05) is 6.07 Å². The molecule has 73 valence electrons. The zero-order chi connectivity index (χ0) is 10.8. The standard InChI is InChI=1S/C10H7F3N/c1-2-7-3-4-8(6-14)9(5-7)10(11,12)13/h3-5H,1-2H2. The Balaban J connectivity index is 3.31. The Bertz CT molecular complexity index is 374. The third-order valence-electron chi connectivity index (χ3n) is 1.80. The summed E-state index contributed by atoms with van der Waals surface area (Å²) < 4.78 is 37.1. The molecule has 1 aromatic carbocycles. The van der Waals surface area contributed by atoms with Gasteiger partial charge in [0.25, 0.3) is 0 Å². The first-order chi connectivity index (χ1) is 6.49. The van der Waals surface area contributed by atoms with E-state index in [0.717, 1.165) is 6.07 Å². The lowest BCUT2D eigenvalue weighted by Crippen LogP contribution is -2.08. The molecule has 0 aromatic heterocycles. The highest BCUT2D eigenvalue weighted by molar-refractivity contribution is 5.42. The summed E-state index contributed by atoms with van der Waals surface area (Å²) in [5.41, 5.74) is -0.771. The topological polar surface area (TPSA) is 23.8 Å². The van der Waals surface area contributed by atoms with Crippen LogP contribution in [0.5, 0.6) is 0 Å². The quantitative estimate of drug-likeness (QED) is 0.680. The summed E-state index contributed by atoms with van der Waals surface area (Å²) in [4.78, 5) is 0. The van der Waals surface area contributed by atoms with Gasteiger partial charge in [0.15, 0.2) is 0 Å². The molecule has 0 amide bonds. The predicted molar refractivity (Wildman–Crippen MR) is 45.2 cm³/mol. The maximum absolute atomic E-state index is 12.4. The van der Waals surface area contributed by atoms with Gasteiger partial charge in [0.1, 0.15) is 0 Å². The Kier molecular flexibility index (Phi) is 2.80. The number of nitriles is 1. The van der Waals surface area contributed by atoms with Gasteiger partial charge in [-0.2, -0.15) is 18.4 Å². The average molecular weight is 198 g/mol. The molecule has 0 N–H and O–H groups in total. The van der Waals surface area contributed by atoms with Crippen molar-refractivity contribution >= 4 is 0 Å². The van der Waals surface area contributed by atoms with Gasteiger partial charge in [0.05, 0.1) is 17.2 Å². The SMILES string of the molecule is [CH2]Cc1ccc(C#N)c(C(F)(F)F)c1. The van der Waals surface area contributed by atoms with Crippen LogP contribution in [-0.4, -0.2) is 0 Å². The first-order valence-electron chi connectivity index (χ1n) is 3.88. The molecule has 0 spiro atoms. The van der Waals surface area contributed by atoms with Crippen molar-refractivity contribution in [1.29, 1.82) is 5.26 Å². The molecule has 0 fully saturated rings. The summed E-state index contributed by atoms with van der Waals surface area (Å²) in [6.45, 7) is 3.48. The minimum absolute atomic E-state index is 0.273. The van der Waals surface area contributed by atoms with Crippen LogP contribution in [-0.2, 0) is 12.6 Å². The van der Waals surface area contributed by atoms with E-state index < -0.39 is 11.7 Å². The maximum atomic E-state index is 12.4. The number of alkyl halides is 3. The average Bonchev–Trinajstić information content (AvgIpc) is 2.15. The van der Waals surface area contributed by atoms with E-state index in [1.807, 2.05) is 0 Å². The number of halogens is 3. The molecular formula is C10H7F3N. The van der Waals surface area contributed by atoms with Gasteiger partial charge in [0.2, 0.25) is 0 Å². The third-order valence-corrected chi connectivity index (χ3v) is 1.80. The highest BCUT2D eigenvalue weighted by Crippen LogP contribution is 2.32. The van der Waals surface area contributed by atoms with Gasteiger partial charge in [-0.05, 0) is 31.0 Å². The van der Waals surface area contributed by atoms with Gasteiger partial charge in [-0.15, -0.1) is 0 Å². The van der Waals surface area contributed by atoms with Crippen molar-refractivity contribution < 1.29 is 13.2 Å². The van der Waals surface area contributed by atoms with Crippen LogP contribution >= 0.6 is 0 Å². The summed E-state index contributed by atoms with van der Waals surface area (Å²) in [5, 5.41) is 8.48. The van der Waals surface area contributed by atoms with Crippen molar-refractivity contribution in [2.45, 2.75) is 12.6 Å². The molecule has 0 aliphatic rings. The van der Waals surface area contributed by atoms with Crippen LogP contribution in [0.25, 0.3) is 0 Å². The third kappa shape index (κ3) is 2.05. The monoisotopic (exact) mass is 198 g/mol. The van der Waals surface area contributed by atoms with Crippen molar-refractivity contribution in [3.05, 3.63) is 41.8 Å². The first-order valence-corrected chi connectivity index (χ1v) is 3.88. The van der Waals surface area contributed by atoms with Gasteiger partial charge in [-0.25, -0.2) is 0 Å². The fourth-order valence-corrected chi connectivity index (χ4v) is 1.08. The molecule has 1 radical (unpaired) electrons. The lowest BCUT2D eigenvalue weighted by molar-refractivity contribution is -0.137. The van der Waals surface area contributed by atoms with E-state index in [-0.39, 0.29) is 12.0 Å². The van der Waals surface area contributed by atoms with Crippen LogP contribution in [0.2, 0.25) is 0 Å². The van der Waals surface area contributed by atoms with Crippen molar-refractivity contribution in [3.63, 3.8) is 0 Å². The summed E-state index contributed by atoms with van der Waals surface area (Å²) in [7, 11) is 0. The lowest BCUT2D eigenvalue weighted by atomic mass is 10.0. The highest BCUT2D eigenvalue weighted by Gasteiger charge is 2.33. The molecule has 1 nitrogen and oxygen atoms in total. The molecule has 0 unspecified atom stereocenters. The molecule has 0 atom stereocenters. The molecular weight excluding hydrogens is 191 g/mol. The zero-order valence-electron chi connectivity index (χ0n) is 7.23. The van der Waals surface area contributed by atoms with Crippen LogP contribution < -0.4 is 0 Å². The van der Waals surface area contributed by atoms with Gasteiger partial charge in [-0.3, -0.25) is 0 Å². The van der Waals surface area contributed by atoms with Crippen molar-refractivity contribution in [2.75, 3.05) is 0 Å². The van der Waals surface area contributed by atoms with Gasteiger partial charge >= 0.3 is 6.18 Å². The second kappa shape index (κ2) is 3.70. The molecule has 14 heavy (non-hydrogen) atoms. The Morgan fingerprint density at radius 1 is 1.36 bits per heavy atom. The van der Waals surface area contributed by atoms with Crippen LogP contribution in [0.3, 0.4) is 0 Å². The van der Waals surface area contributed by atoms with Crippen LogP contribution in [0.1, 0.15) is 16.7 Å². The molecule has 0 aliphatic carbocycles. The molecule has 0 bridgehead atoms. The lowest BCUT2D eigenvalue weighted by Gasteiger charge is -2.09. The molecule has 0 saturated carbocycles. The number of benzene rings is 1. The highest BCUT2D eigenvalue weighted by atomic mass is 19.4. The minimum Gasteiger partial charge on any atom is -0.192 e. The first kappa shape index (κ1) is 10.6. The normalized spacial score (nSPS) is 11.1. The zero-order valence-corrected chi connectivity index (χ0v) is 7.23. The Hall–Kier alpha value is -1.50. The van der Waals surface area contributed by atoms with Crippen LogP contribution in [0.15, 0.2) is 18.2 Å². The van der Waals surface area contributed by atoms with Gasteiger partial charge in [0, 0.05) is 0 Å². The van der Waals surface area contributed by atoms with E-state index in [1.165, 1.54) is 18.2 Å². The summed E-state index contributed by atoms with van der Waals surface area (Å²) >= 11 is 0. The van der Waals surface area contributed by atoms with Crippen molar-refractivity contribution in [2.24, 2.45) is 0 Å². The van der Waals surface area contributed by atoms with Crippen molar-refractivity contribution in [3.8, 4) is 6.07 Å². The number of hydrogen-bond donors (Lipinski definition) is 0. The Morgan fingerprint density at radius 3 is 2.43 bits per heavy atom. The molecule has 0 heterocycles. The van der Waals surface area contributed by atoms with Gasteiger partial charge < -0.3 is 0 Å². The minimum atomic E-state index is -4.48. The second-order valence-electron chi connectivity index (χ2n) is 2.74. The van der Waals surface area contributed by atoms with Crippen molar-refractivity contribution in [1.82, 2.24) is 0 Å². The summed E-state index contributed by atoms with van der Waals surface area (Å²) in [6, 6.07) is 5.12. The molecule has 0 saturated heterocycles. The van der Waals surface area contributed by atoms with Crippen LogP contribution in [0.4, 0.5) is 13.2 Å².